The van der Waals surface area contributed by atoms with Gasteiger partial charge in [-0.2, -0.15) is 0 Å². The summed E-state index contributed by atoms with van der Waals surface area (Å²) in [6.07, 6.45) is 4.42. The zero-order valence-corrected chi connectivity index (χ0v) is 14.5. The minimum Gasteiger partial charge on any atom is -0.455 e. The maximum absolute atomic E-state index is 12.2. The highest BCUT2D eigenvalue weighted by molar-refractivity contribution is 6.32. The summed E-state index contributed by atoms with van der Waals surface area (Å²) in [5.41, 5.74) is 13.2. The van der Waals surface area contributed by atoms with Gasteiger partial charge in [0.25, 0.3) is 0 Å². The molecule has 1 aliphatic carbocycles. The van der Waals surface area contributed by atoms with Crippen LogP contribution in [0.2, 0.25) is 5.02 Å². The summed E-state index contributed by atoms with van der Waals surface area (Å²) in [4.78, 5) is 17.0. The van der Waals surface area contributed by atoms with Gasteiger partial charge in [0.05, 0.1) is 11.3 Å². The van der Waals surface area contributed by atoms with Crippen LogP contribution in [0.5, 0.6) is 0 Å². The number of aliphatic imine (C=N–C) groups is 1. The number of rotatable bonds is 5. The second-order valence-electron chi connectivity index (χ2n) is 6.58. The number of ether oxygens (including phenoxy) is 1. The van der Waals surface area contributed by atoms with Gasteiger partial charge in [-0.25, -0.2) is 4.79 Å². The van der Waals surface area contributed by atoms with Gasteiger partial charge >= 0.3 is 5.97 Å². The molecule has 5 nitrogen and oxygen atoms in total. The minimum atomic E-state index is -0.770. The Hall–Kier alpha value is -1.43. The predicted molar refractivity (Wildman–Crippen MR) is 95.2 cm³/mol. The topological polar surface area (TPSA) is 90.7 Å². The van der Waals surface area contributed by atoms with Crippen molar-refractivity contribution in [3.8, 4) is 0 Å². The van der Waals surface area contributed by atoms with Crippen LogP contribution >= 0.6 is 11.6 Å². The number of nitrogens with zero attached hydrogens (tertiary/aromatic N) is 1. The number of hydrogen-bond donors (Lipinski definition) is 2. The molecule has 3 atom stereocenters. The number of esters is 1. The summed E-state index contributed by atoms with van der Waals surface area (Å²) in [5, 5.41) is 0.625. The molecule has 0 amide bonds. The molecule has 6 heteroatoms. The second-order valence-corrected chi connectivity index (χ2v) is 6.99. The van der Waals surface area contributed by atoms with E-state index in [2.05, 4.69) is 0 Å². The van der Waals surface area contributed by atoms with Crippen molar-refractivity contribution < 1.29 is 9.53 Å². The quantitative estimate of drug-likeness (QED) is 0.631. The van der Waals surface area contributed by atoms with Gasteiger partial charge in [-0.1, -0.05) is 29.8 Å². The van der Waals surface area contributed by atoms with E-state index >= 15 is 0 Å². The predicted octanol–water partition coefficient (Wildman–Crippen LogP) is 2.54. The van der Waals surface area contributed by atoms with Crippen LogP contribution in [0.4, 0.5) is 0 Å². The Morgan fingerprint density at radius 3 is 2.88 bits per heavy atom. The normalized spacial score (nSPS) is 29.6. The van der Waals surface area contributed by atoms with Crippen molar-refractivity contribution in [2.24, 2.45) is 16.5 Å². The smallest absolute Gasteiger partial charge is 0.331 e. The van der Waals surface area contributed by atoms with Gasteiger partial charge in [0.2, 0.25) is 0 Å². The SMILES string of the molecule is NCCCC[C@H]1N=C2[C@@H](CCC[C@@]2(N)c2ccccc2Cl)OC1=O. The molecule has 0 unspecified atom stereocenters. The first kappa shape index (κ1) is 17.4. The summed E-state index contributed by atoms with van der Waals surface area (Å²) in [5.74, 6) is -0.246. The Morgan fingerprint density at radius 2 is 2.12 bits per heavy atom. The first-order valence-electron chi connectivity index (χ1n) is 8.59. The standard InChI is InChI=1S/C18H24ClN3O2/c19-13-7-2-1-6-12(13)18(21)10-5-9-15-16(18)22-14(17(23)24-15)8-3-4-11-20/h1-2,6-7,14-15H,3-5,8-11,20-21H2/t14-,15-,18-/m1/s1. The number of halogens is 1. The van der Waals surface area contributed by atoms with Crippen molar-refractivity contribution in [3.63, 3.8) is 0 Å². The van der Waals surface area contributed by atoms with Crippen LogP contribution in [0.3, 0.4) is 0 Å². The van der Waals surface area contributed by atoms with E-state index < -0.39 is 11.6 Å². The summed E-state index contributed by atoms with van der Waals surface area (Å²) < 4.78 is 5.67. The van der Waals surface area contributed by atoms with Gasteiger partial charge in [-0.3, -0.25) is 4.99 Å². The van der Waals surface area contributed by atoms with Crippen molar-refractivity contribution in [2.75, 3.05) is 6.54 Å². The highest BCUT2D eigenvalue weighted by Crippen LogP contribution is 2.39. The molecule has 0 radical (unpaired) electrons. The minimum absolute atomic E-state index is 0.246. The number of hydrogen-bond acceptors (Lipinski definition) is 5. The van der Waals surface area contributed by atoms with E-state index in [0.717, 1.165) is 43.4 Å². The van der Waals surface area contributed by atoms with Crippen LogP contribution in [-0.4, -0.2) is 30.4 Å². The van der Waals surface area contributed by atoms with Crippen LogP contribution in [0, 0.1) is 0 Å². The molecular formula is C18H24ClN3O2. The third kappa shape index (κ3) is 3.21. The molecular weight excluding hydrogens is 326 g/mol. The van der Waals surface area contributed by atoms with Gasteiger partial charge in [-0.15, -0.1) is 0 Å². The Morgan fingerprint density at radius 1 is 1.33 bits per heavy atom. The molecule has 1 aliphatic heterocycles. The zero-order chi connectivity index (χ0) is 17.2. The fourth-order valence-electron chi connectivity index (χ4n) is 3.63. The molecule has 1 aromatic carbocycles. The number of benzene rings is 1. The molecule has 3 rings (SSSR count). The molecule has 1 aromatic rings. The van der Waals surface area contributed by atoms with E-state index in [1.54, 1.807) is 0 Å². The van der Waals surface area contributed by atoms with Crippen LogP contribution < -0.4 is 11.5 Å². The van der Waals surface area contributed by atoms with E-state index in [4.69, 9.17) is 32.8 Å². The monoisotopic (exact) mass is 349 g/mol. The molecule has 0 bridgehead atoms. The van der Waals surface area contributed by atoms with Crippen molar-refractivity contribution in [2.45, 2.75) is 56.2 Å². The largest absolute Gasteiger partial charge is 0.455 e. The lowest BCUT2D eigenvalue weighted by atomic mass is 9.73. The first-order chi connectivity index (χ1) is 11.6. The third-order valence-electron chi connectivity index (χ3n) is 4.91. The van der Waals surface area contributed by atoms with E-state index in [-0.39, 0.29) is 12.1 Å². The van der Waals surface area contributed by atoms with Crippen molar-refractivity contribution in [3.05, 3.63) is 34.9 Å². The van der Waals surface area contributed by atoms with E-state index in [1.165, 1.54) is 0 Å². The van der Waals surface area contributed by atoms with Crippen LogP contribution in [-0.2, 0) is 15.1 Å². The number of carbonyl (C=O) groups is 1. The molecule has 4 N–H and O–H groups in total. The number of unbranched alkanes of at least 4 members (excludes halogenated alkanes) is 1. The molecule has 0 saturated heterocycles. The van der Waals surface area contributed by atoms with Gasteiger partial charge in [-0.05, 0) is 56.7 Å². The second kappa shape index (κ2) is 7.21. The lowest BCUT2D eigenvalue weighted by molar-refractivity contribution is -0.150. The first-order valence-corrected chi connectivity index (χ1v) is 8.96. The molecule has 0 spiro atoms. The summed E-state index contributed by atoms with van der Waals surface area (Å²) >= 11 is 6.39. The summed E-state index contributed by atoms with van der Waals surface area (Å²) in [6, 6.07) is 7.10. The average molecular weight is 350 g/mol. The van der Waals surface area contributed by atoms with Gasteiger partial charge in [0.15, 0.2) is 0 Å². The van der Waals surface area contributed by atoms with Crippen LogP contribution in [0.15, 0.2) is 29.3 Å². The Kier molecular flexibility index (Phi) is 5.23. The maximum atomic E-state index is 12.2. The number of fused-ring (bicyclic) bond motifs is 1. The Balaban J connectivity index is 1.95. The highest BCUT2D eigenvalue weighted by Gasteiger charge is 2.46. The summed E-state index contributed by atoms with van der Waals surface area (Å²) in [6.45, 7) is 0.613. The molecule has 1 fully saturated rings. The van der Waals surface area contributed by atoms with Crippen LogP contribution in [0.25, 0.3) is 0 Å². The van der Waals surface area contributed by atoms with Crippen molar-refractivity contribution in [1.82, 2.24) is 0 Å². The van der Waals surface area contributed by atoms with Crippen molar-refractivity contribution >= 4 is 23.3 Å². The highest BCUT2D eigenvalue weighted by atomic mass is 35.5. The summed E-state index contributed by atoms with van der Waals surface area (Å²) in [7, 11) is 0. The third-order valence-corrected chi connectivity index (χ3v) is 5.24. The van der Waals surface area contributed by atoms with Crippen LogP contribution in [0.1, 0.15) is 44.1 Å². The molecule has 1 saturated carbocycles. The average Bonchev–Trinajstić information content (AvgIpc) is 2.56. The maximum Gasteiger partial charge on any atom is 0.331 e. The molecule has 130 valence electrons. The van der Waals surface area contributed by atoms with E-state index in [1.807, 2.05) is 24.3 Å². The van der Waals surface area contributed by atoms with Gasteiger partial charge < -0.3 is 16.2 Å². The lowest BCUT2D eigenvalue weighted by Gasteiger charge is -2.42. The zero-order valence-electron chi connectivity index (χ0n) is 13.7. The Bertz CT molecular complexity index is 649. The number of nitrogens with two attached hydrogens (primary N) is 2. The molecule has 0 aromatic heterocycles. The molecule has 24 heavy (non-hydrogen) atoms. The van der Waals surface area contributed by atoms with Gasteiger partial charge in [0.1, 0.15) is 12.1 Å². The fraction of sp³-hybridized carbons (Fsp3) is 0.556. The van der Waals surface area contributed by atoms with Crippen molar-refractivity contribution in [1.29, 1.82) is 0 Å². The van der Waals surface area contributed by atoms with Gasteiger partial charge in [0, 0.05) is 5.02 Å². The Labute approximate surface area is 147 Å². The molecule has 2 aliphatic rings. The number of carbonyl (C=O) groups excluding carboxylic acids is 1. The van der Waals surface area contributed by atoms with E-state index in [0.29, 0.717) is 18.0 Å². The lowest BCUT2D eigenvalue weighted by Crippen LogP contribution is -2.57. The molecule has 1 heterocycles. The van der Waals surface area contributed by atoms with E-state index in [9.17, 15) is 4.79 Å². The fourth-order valence-corrected chi connectivity index (χ4v) is 3.94.